The maximum absolute atomic E-state index is 13.3. The molecule has 4 atom stereocenters. The summed E-state index contributed by atoms with van der Waals surface area (Å²) in [5, 5.41) is 0. The van der Waals surface area contributed by atoms with Crippen LogP contribution in [0.15, 0.2) is 24.3 Å². The minimum Gasteiger partial charge on any atom is -0.497 e. The Labute approximate surface area is 180 Å². The molecule has 0 radical (unpaired) electrons. The number of nitrogens with zero attached hydrogens (tertiary/aromatic N) is 2. The van der Waals surface area contributed by atoms with Crippen molar-refractivity contribution in [1.82, 2.24) is 9.80 Å². The van der Waals surface area contributed by atoms with E-state index in [1.807, 2.05) is 0 Å². The van der Waals surface area contributed by atoms with Crippen molar-refractivity contribution in [1.29, 1.82) is 0 Å². The number of rotatable bonds is 3. The van der Waals surface area contributed by atoms with Crippen molar-refractivity contribution in [3.8, 4) is 5.75 Å². The molecule has 2 bridgehead atoms. The Hall–Kier alpha value is -1.59. The number of fused-ring (bicyclic) bond motifs is 4. The second-order valence-corrected chi connectivity index (χ2v) is 10.2. The molecule has 3 aliphatic heterocycles. The number of carbonyl (C=O) groups excluding carboxylic acids is 1. The minimum atomic E-state index is 0.220. The number of ether oxygens (including phenoxy) is 1. The van der Waals surface area contributed by atoms with Gasteiger partial charge in [0.1, 0.15) is 5.75 Å². The second-order valence-electron chi connectivity index (χ2n) is 10.2. The van der Waals surface area contributed by atoms with Gasteiger partial charge in [0.2, 0.25) is 5.91 Å². The van der Waals surface area contributed by atoms with E-state index in [-0.39, 0.29) is 5.92 Å². The van der Waals surface area contributed by atoms with Crippen LogP contribution in [0.5, 0.6) is 5.75 Å². The van der Waals surface area contributed by atoms with Gasteiger partial charge >= 0.3 is 0 Å². The average molecular weight is 412 g/mol. The molecular weight excluding hydrogens is 374 g/mol. The molecule has 1 amide bonds. The summed E-state index contributed by atoms with van der Waals surface area (Å²) in [6, 6.07) is 10.1. The van der Waals surface area contributed by atoms with Gasteiger partial charge in [-0.3, -0.25) is 9.69 Å². The molecule has 3 heterocycles. The summed E-state index contributed by atoms with van der Waals surface area (Å²) in [5.74, 6) is 2.83. The van der Waals surface area contributed by atoms with E-state index in [1.165, 1.54) is 31.2 Å². The van der Waals surface area contributed by atoms with E-state index in [0.29, 0.717) is 35.9 Å². The van der Waals surface area contributed by atoms with Crippen LogP contribution in [0.3, 0.4) is 0 Å². The number of nitrogens with two attached hydrogens (primary N) is 1. The molecule has 164 valence electrons. The zero-order valence-electron chi connectivity index (χ0n) is 18.3. The Balaban J connectivity index is 1.28. The summed E-state index contributed by atoms with van der Waals surface area (Å²) < 4.78 is 5.36. The number of piperidine rings is 3. The molecule has 2 N–H and O–H groups in total. The van der Waals surface area contributed by atoms with Gasteiger partial charge in [0, 0.05) is 43.7 Å². The Morgan fingerprint density at radius 2 is 1.77 bits per heavy atom. The lowest BCUT2D eigenvalue weighted by molar-refractivity contribution is -0.144. The molecule has 1 aromatic carbocycles. The van der Waals surface area contributed by atoms with Crippen LogP contribution < -0.4 is 10.5 Å². The Morgan fingerprint density at radius 1 is 1.00 bits per heavy atom. The summed E-state index contributed by atoms with van der Waals surface area (Å²) in [6.45, 7) is 3.06. The lowest BCUT2D eigenvalue weighted by Crippen LogP contribution is -2.61. The molecule has 0 spiro atoms. The van der Waals surface area contributed by atoms with Gasteiger partial charge in [0.15, 0.2) is 0 Å². The normalized spacial score (nSPS) is 36.8. The van der Waals surface area contributed by atoms with Gasteiger partial charge in [0.05, 0.1) is 7.11 Å². The van der Waals surface area contributed by atoms with Crippen molar-refractivity contribution in [3.05, 3.63) is 29.8 Å². The Kier molecular flexibility index (Phi) is 5.76. The van der Waals surface area contributed by atoms with Gasteiger partial charge in [-0.15, -0.1) is 0 Å². The number of likely N-dealkylation sites (tertiary alicyclic amines) is 1. The van der Waals surface area contributed by atoms with E-state index in [0.717, 1.165) is 51.1 Å². The first-order valence-electron chi connectivity index (χ1n) is 12.1. The fourth-order valence-electron chi connectivity index (χ4n) is 6.80. The SMILES string of the molecule is COc1ccc([C@H]2CCC[C@H]3[C@@H]4C[C@@H](CN(C(=O)C5CCC(N)CC5)C4)CN23)cc1. The third-order valence-electron chi connectivity index (χ3n) is 8.32. The zero-order chi connectivity index (χ0) is 20.7. The monoisotopic (exact) mass is 411 g/mol. The van der Waals surface area contributed by atoms with Crippen molar-refractivity contribution in [2.75, 3.05) is 26.7 Å². The van der Waals surface area contributed by atoms with E-state index in [9.17, 15) is 4.79 Å². The summed E-state index contributed by atoms with van der Waals surface area (Å²) in [6.07, 6.45) is 9.11. The highest BCUT2D eigenvalue weighted by Gasteiger charge is 2.46. The van der Waals surface area contributed by atoms with Crippen molar-refractivity contribution < 1.29 is 9.53 Å². The fourth-order valence-corrected chi connectivity index (χ4v) is 6.80. The third kappa shape index (κ3) is 3.87. The summed E-state index contributed by atoms with van der Waals surface area (Å²) in [5.41, 5.74) is 7.49. The summed E-state index contributed by atoms with van der Waals surface area (Å²) in [4.78, 5) is 18.3. The molecule has 3 saturated heterocycles. The lowest BCUT2D eigenvalue weighted by atomic mass is 9.73. The van der Waals surface area contributed by atoms with Crippen molar-refractivity contribution >= 4 is 5.91 Å². The first kappa shape index (κ1) is 20.3. The van der Waals surface area contributed by atoms with Crippen LogP contribution in [0.1, 0.15) is 63.0 Å². The average Bonchev–Trinajstić information content (AvgIpc) is 2.79. The van der Waals surface area contributed by atoms with Crippen molar-refractivity contribution in [3.63, 3.8) is 0 Å². The van der Waals surface area contributed by atoms with Crippen molar-refractivity contribution in [2.45, 2.75) is 69.5 Å². The number of carbonyl (C=O) groups is 1. The molecule has 1 aliphatic carbocycles. The number of benzene rings is 1. The fraction of sp³-hybridized carbons (Fsp3) is 0.720. The highest BCUT2D eigenvalue weighted by Crippen LogP contribution is 2.45. The Bertz CT molecular complexity index is 743. The highest BCUT2D eigenvalue weighted by atomic mass is 16.5. The molecule has 0 aromatic heterocycles. The molecule has 5 nitrogen and oxygen atoms in total. The second kappa shape index (κ2) is 8.51. The molecule has 0 unspecified atom stereocenters. The quantitative estimate of drug-likeness (QED) is 0.826. The maximum Gasteiger partial charge on any atom is 0.225 e. The molecule has 4 aliphatic rings. The van der Waals surface area contributed by atoms with E-state index in [4.69, 9.17) is 10.5 Å². The number of amides is 1. The van der Waals surface area contributed by atoms with E-state index < -0.39 is 0 Å². The zero-order valence-corrected chi connectivity index (χ0v) is 18.3. The smallest absolute Gasteiger partial charge is 0.225 e. The van der Waals surface area contributed by atoms with E-state index in [1.54, 1.807) is 7.11 Å². The van der Waals surface area contributed by atoms with E-state index >= 15 is 0 Å². The molecule has 1 aromatic rings. The molecule has 30 heavy (non-hydrogen) atoms. The van der Waals surface area contributed by atoms with E-state index in [2.05, 4.69) is 34.1 Å². The molecule has 5 heteroatoms. The van der Waals surface area contributed by atoms with Gasteiger partial charge in [-0.25, -0.2) is 0 Å². The van der Waals surface area contributed by atoms with Crippen LogP contribution in [0, 0.1) is 17.8 Å². The molecule has 1 saturated carbocycles. The van der Waals surface area contributed by atoms with Gasteiger partial charge in [-0.05, 0) is 80.9 Å². The van der Waals surface area contributed by atoms with Crippen LogP contribution in [-0.2, 0) is 4.79 Å². The summed E-state index contributed by atoms with van der Waals surface area (Å²) >= 11 is 0. The topological polar surface area (TPSA) is 58.8 Å². The molecule has 5 rings (SSSR count). The van der Waals surface area contributed by atoms with Crippen molar-refractivity contribution in [2.24, 2.45) is 23.5 Å². The predicted molar refractivity (Wildman–Crippen MR) is 118 cm³/mol. The Morgan fingerprint density at radius 3 is 2.50 bits per heavy atom. The van der Waals surface area contributed by atoms with Gasteiger partial charge in [0.25, 0.3) is 0 Å². The van der Waals surface area contributed by atoms with Gasteiger partial charge in [-0.1, -0.05) is 12.1 Å². The first-order chi connectivity index (χ1) is 14.6. The molecule has 4 fully saturated rings. The standard InChI is InChI=1S/C25H37N3O2/c1-30-22-11-7-18(8-12-22)23-3-2-4-24-20-13-17(15-28(23)24)14-27(16-20)25(29)19-5-9-21(26)10-6-19/h7-8,11-12,17,19-21,23-24H,2-6,9-10,13-16,26H2,1H3/t17-,19?,20+,21?,23+,24-/m0/s1. The van der Waals surface area contributed by atoms with Crippen LogP contribution in [0.2, 0.25) is 0 Å². The first-order valence-corrected chi connectivity index (χ1v) is 12.1. The summed E-state index contributed by atoms with van der Waals surface area (Å²) in [7, 11) is 1.73. The van der Waals surface area contributed by atoms with Crippen LogP contribution in [0.25, 0.3) is 0 Å². The highest BCUT2D eigenvalue weighted by molar-refractivity contribution is 5.79. The largest absolute Gasteiger partial charge is 0.497 e. The maximum atomic E-state index is 13.3. The third-order valence-corrected chi connectivity index (χ3v) is 8.32. The van der Waals surface area contributed by atoms with Crippen LogP contribution in [0.4, 0.5) is 0 Å². The van der Waals surface area contributed by atoms with Crippen LogP contribution >= 0.6 is 0 Å². The van der Waals surface area contributed by atoms with Crippen LogP contribution in [-0.4, -0.2) is 54.5 Å². The molecular formula is C25H37N3O2. The number of methoxy groups -OCH3 is 1. The van der Waals surface area contributed by atoms with Gasteiger partial charge in [-0.2, -0.15) is 0 Å². The lowest BCUT2D eigenvalue weighted by Gasteiger charge is -2.55. The number of hydrogen-bond acceptors (Lipinski definition) is 4. The van der Waals surface area contributed by atoms with Gasteiger partial charge < -0.3 is 15.4 Å². The number of hydrogen-bond donors (Lipinski definition) is 1. The minimum absolute atomic E-state index is 0.220. The predicted octanol–water partition coefficient (Wildman–Crippen LogP) is 3.59.